The maximum atomic E-state index is 3.76. The van der Waals surface area contributed by atoms with E-state index in [9.17, 15) is 0 Å². The number of halogens is 1. The second kappa shape index (κ2) is 5.65. The molecule has 0 amide bonds. The fourth-order valence-corrected chi connectivity index (χ4v) is 3.21. The summed E-state index contributed by atoms with van der Waals surface area (Å²) in [6.07, 6.45) is 2.32. The molecule has 0 aliphatic rings. The molecule has 0 aliphatic carbocycles. The Morgan fingerprint density at radius 2 is 1.94 bits per heavy atom. The lowest BCUT2D eigenvalue weighted by Gasteiger charge is -2.09. The Bertz CT molecular complexity index is 433. The quantitative estimate of drug-likeness (QED) is 0.686. The predicted octanol–water partition coefficient (Wildman–Crippen LogP) is 5.13. The van der Waals surface area contributed by atoms with Crippen LogP contribution in [-0.2, 0) is 6.42 Å². The average molecular weight is 295 g/mol. The van der Waals surface area contributed by atoms with Crippen molar-refractivity contribution in [2.24, 2.45) is 0 Å². The van der Waals surface area contributed by atoms with Crippen molar-refractivity contribution in [2.45, 2.75) is 24.6 Å². The lowest BCUT2D eigenvalue weighted by atomic mass is 10.1. The second-order valence-corrected chi connectivity index (χ2v) is 6.05. The molecular weight excluding hydrogens is 280 g/mol. The van der Waals surface area contributed by atoms with Crippen molar-refractivity contribution in [1.82, 2.24) is 0 Å². The largest absolute Gasteiger partial charge is 0.149 e. The third-order valence-electron chi connectivity index (χ3n) is 2.75. The number of thiophene rings is 1. The molecule has 2 rings (SSSR count). The summed E-state index contributed by atoms with van der Waals surface area (Å²) < 4.78 is 0. The van der Waals surface area contributed by atoms with Crippen LogP contribution in [0.15, 0.2) is 41.8 Å². The highest BCUT2D eigenvalue weighted by atomic mass is 79.9. The summed E-state index contributed by atoms with van der Waals surface area (Å²) in [7, 11) is 0. The predicted molar refractivity (Wildman–Crippen MR) is 75.5 cm³/mol. The highest BCUT2D eigenvalue weighted by Gasteiger charge is 2.08. The monoisotopic (exact) mass is 294 g/mol. The van der Waals surface area contributed by atoms with E-state index in [1.165, 1.54) is 16.0 Å². The van der Waals surface area contributed by atoms with Gasteiger partial charge in [-0.15, -0.1) is 11.3 Å². The van der Waals surface area contributed by atoms with Crippen LogP contribution in [0.4, 0.5) is 0 Å². The number of rotatable bonds is 4. The van der Waals surface area contributed by atoms with Crippen molar-refractivity contribution in [3.63, 3.8) is 0 Å². The topological polar surface area (TPSA) is 0 Å². The first kappa shape index (κ1) is 11.9. The number of alkyl halides is 1. The van der Waals surface area contributed by atoms with Gasteiger partial charge in [0.15, 0.2) is 0 Å². The van der Waals surface area contributed by atoms with E-state index in [0.29, 0.717) is 4.83 Å². The highest BCUT2D eigenvalue weighted by Crippen LogP contribution is 2.29. The van der Waals surface area contributed by atoms with E-state index in [0.717, 1.165) is 12.8 Å². The molecule has 1 aromatic carbocycles. The smallest absolute Gasteiger partial charge is 0.0398 e. The Labute approximate surface area is 109 Å². The van der Waals surface area contributed by atoms with Crippen molar-refractivity contribution >= 4 is 27.3 Å². The molecule has 0 radical (unpaired) electrons. The minimum Gasteiger partial charge on any atom is -0.149 e. The molecule has 0 aliphatic heterocycles. The lowest BCUT2D eigenvalue weighted by molar-refractivity contribution is 0.820. The second-order valence-electron chi connectivity index (χ2n) is 3.94. The zero-order valence-corrected chi connectivity index (χ0v) is 11.7. The van der Waals surface area contributed by atoms with Crippen LogP contribution in [0.1, 0.15) is 27.3 Å². The van der Waals surface area contributed by atoms with Crippen LogP contribution in [0.3, 0.4) is 0 Å². The molecule has 1 aromatic heterocycles. The first-order valence-electron chi connectivity index (χ1n) is 5.49. The summed E-state index contributed by atoms with van der Waals surface area (Å²) in [6.45, 7) is 2.19. The Balaban J connectivity index is 1.94. The first-order valence-corrected chi connectivity index (χ1v) is 7.29. The zero-order valence-electron chi connectivity index (χ0n) is 9.32. The molecule has 0 spiro atoms. The Morgan fingerprint density at radius 1 is 1.19 bits per heavy atom. The molecule has 0 saturated carbocycles. The molecule has 0 N–H and O–H groups in total. The molecule has 1 atom stereocenters. The Morgan fingerprint density at radius 3 is 2.56 bits per heavy atom. The van der Waals surface area contributed by atoms with Crippen LogP contribution in [0, 0.1) is 6.92 Å². The third kappa shape index (κ3) is 2.96. The Hall–Kier alpha value is -0.600. The SMILES string of the molecule is Cc1ccsc1CCC(Br)c1ccccc1. The molecule has 2 aromatic rings. The molecule has 0 bridgehead atoms. The van der Waals surface area contributed by atoms with Crippen LogP contribution in [0.2, 0.25) is 0 Å². The van der Waals surface area contributed by atoms with Gasteiger partial charge in [-0.2, -0.15) is 0 Å². The van der Waals surface area contributed by atoms with E-state index < -0.39 is 0 Å². The first-order chi connectivity index (χ1) is 7.77. The zero-order chi connectivity index (χ0) is 11.4. The minimum absolute atomic E-state index is 0.468. The average Bonchev–Trinajstić information content (AvgIpc) is 2.73. The van der Waals surface area contributed by atoms with E-state index >= 15 is 0 Å². The summed E-state index contributed by atoms with van der Waals surface area (Å²) in [5.41, 5.74) is 2.80. The van der Waals surface area contributed by atoms with E-state index in [1.807, 2.05) is 11.3 Å². The van der Waals surface area contributed by atoms with E-state index in [4.69, 9.17) is 0 Å². The van der Waals surface area contributed by atoms with Crippen molar-refractivity contribution in [3.05, 3.63) is 57.8 Å². The third-order valence-corrected chi connectivity index (χ3v) is 4.82. The fraction of sp³-hybridized carbons (Fsp3) is 0.286. The van der Waals surface area contributed by atoms with Crippen molar-refractivity contribution in [3.8, 4) is 0 Å². The summed E-state index contributed by atoms with van der Waals surface area (Å²) in [5, 5.41) is 2.18. The molecule has 1 unspecified atom stereocenters. The van der Waals surface area contributed by atoms with Gasteiger partial charge in [0.25, 0.3) is 0 Å². The number of benzene rings is 1. The van der Waals surface area contributed by atoms with Gasteiger partial charge in [-0.1, -0.05) is 46.3 Å². The maximum absolute atomic E-state index is 3.76. The molecule has 0 saturated heterocycles. The van der Waals surface area contributed by atoms with Gasteiger partial charge in [0.2, 0.25) is 0 Å². The van der Waals surface area contributed by atoms with Crippen LogP contribution >= 0.6 is 27.3 Å². The van der Waals surface area contributed by atoms with Crippen molar-refractivity contribution in [1.29, 1.82) is 0 Å². The maximum Gasteiger partial charge on any atom is 0.0398 e. The summed E-state index contributed by atoms with van der Waals surface area (Å²) in [4.78, 5) is 1.98. The lowest BCUT2D eigenvalue weighted by Crippen LogP contribution is -1.92. The highest BCUT2D eigenvalue weighted by molar-refractivity contribution is 9.09. The fourth-order valence-electron chi connectivity index (χ4n) is 1.75. The van der Waals surface area contributed by atoms with Gasteiger partial charge in [0, 0.05) is 9.70 Å². The van der Waals surface area contributed by atoms with Gasteiger partial charge >= 0.3 is 0 Å². The minimum atomic E-state index is 0.468. The van der Waals surface area contributed by atoms with Crippen LogP contribution < -0.4 is 0 Å². The van der Waals surface area contributed by atoms with Crippen molar-refractivity contribution < 1.29 is 0 Å². The standard InChI is InChI=1S/C14H15BrS/c1-11-9-10-16-14(11)8-7-13(15)12-5-3-2-4-6-12/h2-6,9-10,13H,7-8H2,1H3. The van der Waals surface area contributed by atoms with Gasteiger partial charge < -0.3 is 0 Å². The number of hydrogen-bond donors (Lipinski definition) is 0. The summed E-state index contributed by atoms with van der Waals surface area (Å²) in [6, 6.07) is 12.8. The van der Waals surface area contributed by atoms with Gasteiger partial charge in [-0.05, 0) is 42.3 Å². The molecule has 0 fully saturated rings. The number of hydrogen-bond acceptors (Lipinski definition) is 1. The van der Waals surface area contributed by atoms with Crippen LogP contribution in [0.5, 0.6) is 0 Å². The van der Waals surface area contributed by atoms with E-state index in [-0.39, 0.29) is 0 Å². The van der Waals surface area contributed by atoms with Crippen LogP contribution in [-0.4, -0.2) is 0 Å². The molecule has 1 heterocycles. The van der Waals surface area contributed by atoms with Gasteiger partial charge in [0.05, 0.1) is 0 Å². The molecule has 84 valence electrons. The number of aryl methyl sites for hydroxylation is 2. The normalized spacial score (nSPS) is 12.6. The molecule has 0 nitrogen and oxygen atoms in total. The van der Waals surface area contributed by atoms with E-state index in [2.05, 4.69) is 64.6 Å². The molecular formula is C14H15BrS. The van der Waals surface area contributed by atoms with Crippen LogP contribution in [0.25, 0.3) is 0 Å². The molecule has 2 heteroatoms. The van der Waals surface area contributed by atoms with Crippen molar-refractivity contribution in [2.75, 3.05) is 0 Å². The summed E-state index contributed by atoms with van der Waals surface area (Å²) >= 11 is 5.63. The van der Waals surface area contributed by atoms with E-state index in [1.54, 1.807) is 0 Å². The van der Waals surface area contributed by atoms with Gasteiger partial charge in [-0.25, -0.2) is 0 Å². The van der Waals surface area contributed by atoms with Gasteiger partial charge in [-0.3, -0.25) is 0 Å². The molecule has 16 heavy (non-hydrogen) atoms. The Kier molecular flexibility index (Phi) is 4.19. The van der Waals surface area contributed by atoms with Gasteiger partial charge in [0.1, 0.15) is 0 Å². The summed E-state index contributed by atoms with van der Waals surface area (Å²) in [5.74, 6) is 0.